The molecule has 1 saturated carbocycles. The zero-order valence-electron chi connectivity index (χ0n) is 30.5. The van der Waals surface area contributed by atoms with E-state index in [1.54, 1.807) is 14.0 Å². The maximum atomic E-state index is 11.3. The first-order valence-corrected chi connectivity index (χ1v) is 19.7. The van der Waals surface area contributed by atoms with E-state index in [9.17, 15) is 23.7 Å². The molecule has 0 radical (unpaired) electrons. The number of hydrogen-bond donors (Lipinski definition) is 9. The Morgan fingerprint density at radius 1 is 0.940 bits per heavy atom. The number of unbranched alkanes of at least 4 members (excludes halogenated alkanes) is 9. The maximum Gasteiger partial charge on any atom is 0.397 e. The molecule has 2 aliphatic heterocycles. The second-order valence-corrected chi connectivity index (χ2v) is 14.8. The van der Waals surface area contributed by atoms with Crippen molar-refractivity contribution in [2.75, 3.05) is 33.4 Å². The third kappa shape index (κ3) is 15.1. The van der Waals surface area contributed by atoms with Gasteiger partial charge in [0, 0.05) is 12.1 Å². The second kappa shape index (κ2) is 22.9. The lowest BCUT2D eigenvalue weighted by Crippen LogP contribution is -2.69. The van der Waals surface area contributed by atoms with Crippen LogP contribution >= 0.6 is 0 Å². The van der Waals surface area contributed by atoms with E-state index < -0.39 is 71.1 Å². The van der Waals surface area contributed by atoms with Crippen LogP contribution < -0.4 is 27.8 Å². The van der Waals surface area contributed by atoms with Crippen molar-refractivity contribution in [3.63, 3.8) is 0 Å². The normalized spacial score (nSPS) is 34.7. The summed E-state index contributed by atoms with van der Waals surface area (Å²) in [5, 5.41) is 38.8. The summed E-state index contributed by atoms with van der Waals surface area (Å²) in [5.41, 5.74) is 16.9. The topological polar surface area (TPSA) is 263 Å². The van der Waals surface area contributed by atoms with Crippen molar-refractivity contribution in [1.82, 2.24) is 10.6 Å². The molecule has 0 aromatic carbocycles. The van der Waals surface area contributed by atoms with Gasteiger partial charge < -0.3 is 62.1 Å². The molecule has 0 bridgehead atoms. The van der Waals surface area contributed by atoms with Gasteiger partial charge in [-0.3, -0.25) is 4.55 Å². The molecule has 3 aliphatic rings. The quantitative estimate of drug-likeness (QED) is 0.0609. The molecule has 2 heterocycles. The fourth-order valence-electron chi connectivity index (χ4n) is 6.61. The summed E-state index contributed by atoms with van der Waals surface area (Å²) in [5.74, 6) is 0.572. The SMILES string of the molecule is CCCCCCCCCCCCOS(=O)(=O)O.CCN[C@@H]1C[C@H](N)[C@@H](O[C@H]2OC(CN)=CC[C@H]2N)[C@H](O)[C@H]1O[C@H]1OC[C@](C)(O)[C@H](NC)[C@H]1O. The minimum absolute atomic E-state index is 0.0483. The molecular formula is C33H67N5O11S. The Morgan fingerprint density at radius 3 is 2.10 bits per heavy atom. The Morgan fingerprint density at radius 2 is 1.54 bits per heavy atom. The number of aliphatic hydroxyl groups excluding tert-OH is 2. The summed E-state index contributed by atoms with van der Waals surface area (Å²) < 4.78 is 56.5. The number of aliphatic hydroxyl groups is 3. The Kier molecular flexibility index (Phi) is 20.7. The van der Waals surface area contributed by atoms with Gasteiger partial charge in [-0.25, -0.2) is 4.18 Å². The van der Waals surface area contributed by atoms with E-state index in [0.717, 1.165) is 12.8 Å². The summed E-state index contributed by atoms with van der Waals surface area (Å²) >= 11 is 0. The molecule has 1 aliphatic carbocycles. The zero-order chi connectivity index (χ0) is 37.3. The maximum absolute atomic E-state index is 11.3. The third-order valence-electron chi connectivity index (χ3n) is 9.37. The fraction of sp³-hybridized carbons (Fsp3) is 0.939. The first-order chi connectivity index (χ1) is 23.7. The smallest absolute Gasteiger partial charge is 0.397 e. The molecule has 50 heavy (non-hydrogen) atoms. The molecule has 1 saturated heterocycles. The molecular weight excluding hydrogens is 674 g/mol. The van der Waals surface area contributed by atoms with Crippen molar-refractivity contribution in [2.24, 2.45) is 17.2 Å². The number of hydrogen-bond acceptors (Lipinski definition) is 15. The monoisotopic (exact) mass is 741 g/mol. The third-order valence-corrected chi connectivity index (χ3v) is 9.84. The van der Waals surface area contributed by atoms with E-state index in [4.69, 9.17) is 40.7 Å². The lowest BCUT2D eigenvalue weighted by atomic mass is 9.83. The van der Waals surface area contributed by atoms with Crippen molar-refractivity contribution in [3.05, 3.63) is 11.8 Å². The van der Waals surface area contributed by atoms with Gasteiger partial charge in [0.2, 0.25) is 6.29 Å². The molecule has 0 aromatic rings. The molecule has 0 aromatic heterocycles. The van der Waals surface area contributed by atoms with Crippen LogP contribution in [0.1, 0.15) is 97.8 Å². The molecule has 3 rings (SSSR count). The van der Waals surface area contributed by atoms with Crippen LogP contribution in [0.15, 0.2) is 11.8 Å². The van der Waals surface area contributed by atoms with E-state index in [2.05, 4.69) is 21.7 Å². The van der Waals surface area contributed by atoms with Gasteiger partial charge in [-0.2, -0.15) is 8.42 Å². The number of nitrogens with two attached hydrogens (primary N) is 3. The van der Waals surface area contributed by atoms with Gasteiger partial charge in [0.15, 0.2) is 6.29 Å². The molecule has 2 fully saturated rings. The summed E-state index contributed by atoms with van der Waals surface area (Å²) in [6.07, 6.45) is 8.80. The summed E-state index contributed by atoms with van der Waals surface area (Å²) in [6, 6.07) is -1.95. The number of rotatable bonds is 20. The van der Waals surface area contributed by atoms with Crippen LogP contribution in [0.3, 0.4) is 0 Å². The Bertz CT molecular complexity index is 1070. The highest BCUT2D eigenvalue weighted by Gasteiger charge is 2.51. The standard InChI is InChI=1S/C21H41N5O7.C12H26O4S/c1-4-26-13-7-12(24)16(32-19-11(23)6-5-10(8-22)31-19)14(27)17(13)33-20-15(28)18(25-3)21(2,29)9-30-20;1-2-3-4-5-6-7-8-9-10-11-12-16-17(13,14)15/h5,11-20,25-29H,4,6-9,22-24H2,1-3H3;2-12H2,1H3,(H,13,14,15)/t11-,12+,13-,14+,15-,16-,17+,18-,19-,20-,21+;/m1./s1. The van der Waals surface area contributed by atoms with E-state index in [-0.39, 0.29) is 25.8 Å². The van der Waals surface area contributed by atoms with Gasteiger partial charge >= 0.3 is 10.4 Å². The molecule has 0 spiro atoms. The summed E-state index contributed by atoms with van der Waals surface area (Å²) in [4.78, 5) is 0. The van der Waals surface area contributed by atoms with Crippen LogP contribution in [0.5, 0.6) is 0 Å². The summed E-state index contributed by atoms with van der Waals surface area (Å²) in [7, 11) is -2.59. The van der Waals surface area contributed by atoms with E-state index in [0.29, 0.717) is 31.6 Å². The number of ether oxygens (including phenoxy) is 4. The fourth-order valence-corrected chi connectivity index (χ4v) is 6.94. The highest BCUT2D eigenvalue weighted by atomic mass is 32.3. The largest absolute Gasteiger partial charge is 0.467 e. The van der Waals surface area contributed by atoms with E-state index in [1.807, 2.05) is 13.0 Å². The highest BCUT2D eigenvalue weighted by molar-refractivity contribution is 7.80. The average molecular weight is 742 g/mol. The molecule has 12 N–H and O–H groups in total. The van der Waals surface area contributed by atoms with Crippen LogP contribution in [-0.4, -0.2) is 128 Å². The average Bonchev–Trinajstić information content (AvgIpc) is 3.05. The second-order valence-electron chi connectivity index (χ2n) is 13.7. The van der Waals surface area contributed by atoms with Gasteiger partial charge in [0.25, 0.3) is 0 Å². The van der Waals surface area contributed by atoms with Crippen LogP contribution in [-0.2, 0) is 33.5 Å². The highest BCUT2D eigenvalue weighted by Crippen LogP contribution is 2.32. The first-order valence-electron chi connectivity index (χ1n) is 18.3. The van der Waals surface area contributed by atoms with E-state index >= 15 is 0 Å². The molecule has 16 nitrogen and oxygen atoms in total. The van der Waals surface area contributed by atoms with Crippen LogP contribution in [0.4, 0.5) is 0 Å². The Labute approximate surface area is 299 Å². The Balaban J connectivity index is 0.000000432. The first kappa shape index (κ1) is 45.1. The van der Waals surface area contributed by atoms with Crippen molar-refractivity contribution in [1.29, 1.82) is 0 Å². The lowest BCUT2D eigenvalue weighted by molar-refractivity contribution is -0.304. The summed E-state index contributed by atoms with van der Waals surface area (Å²) in [6.45, 7) is 6.61. The van der Waals surface area contributed by atoms with Gasteiger partial charge in [0.1, 0.15) is 35.8 Å². The minimum atomic E-state index is -4.23. The number of nitrogens with one attached hydrogen (secondary N) is 2. The minimum Gasteiger partial charge on any atom is -0.467 e. The molecule has 0 amide bonds. The predicted molar refractivity (Wildman–Crippen MR) is 189 cm³/mol. The van der Waals surface area contributed by atoms with Crippen molar-refractivity contribution in [3.8, 4) is 0 Å². The van der Waals surface area contributed by atoms with Crippen molar-refractivity contribution in [2.45, 2.75) is 165 Å². The van der Waals surface area contributed by atoms with Gasteiger partial charge in [-0.1, -0.05) is 71.6 Å². The predicted octanol–water partition coefficient (Wildman–Crippen LogP) is 0.526. The van der Waals surface area contributed by atoms with Gasteiger partial charge in [0.05, 0.1) is 31.8 Å². The van der Waals surface area contributed by atoms with Crippen molar-refractivity contribution >= 4 is 10.4 Å². The molecule has 11 atom stereocenters. The van der Waals surface area contributed by atoms with Gasteiger partial charge in [-0.05, 0) is 45.9 Å². The Hall–Kier alpha value is -1.03. The van der Waals surface area contributed by atoms with Crippen LogP contribution in [0, 0.1) is 0 Å². The van der Waals surface area contributed by atoms with Crippen LogP contribution in [0.2, 0.25) is 0 Å². The molecule has 0 unspecified atom stereocenters. The zero-order valence-corrected chi connectivity index (χ0v) is 31.3. The lowest BCUT2D eigenvalue weighted by Gasteiger charge is -2.49. The van der Waals surface area contributed by atoms with Crippen molar-refractivity contribution < 1.29 is 51.4 Å². The molecule has 17 heteroatoms. The van der Waals surface area contributed by atoms with E-state index in [1.165, 1.54) is 44.9 Å². The number of likely N-dealkylation sites (N-methyl/N-ethyl adjacent to an activating group) is 2. The molecule has 296 valence electrons. The van der Waals surface area contributed by atoms with Crippen LogP contribution in [0.25, 0.3) is 0 Å². The van der Waals surface area contributed by atoms with Gasteiger partial charge in [-0.15, -0.1) is 0 Å².